The Hall–Kier alpha value is -2.10. The van der Waals surface area contributed by atoms with Crippen molar-refractivity contribution in [3.05, 3.63) is 48.5 Å². The van der Waals surface area contributed by atoms with Gasteiger partial charge in [0.25, 0.3) is 0 Å². The lowest BCUT2D eigenvalue weighted by atomic mass is 9.90. The Morgan fingerprint density at radius 3 is 2.60 bits per heavy atom. The van der Waals surface area contributed by atoms with Gasteiger partial charge >= 0.3 is 0 Å². The third kappa shape index (κ3) is 2.74. The molecule has 1 fully saturated rings. The number of anilines is 1. The molecule has 3 rings (SSSR count). The van der Waals surface area contributed by atoms with E-state index in [2.05, 4.69) is 27.0 Å². The highest BCUT2D eigenvalue weighted by atomic mass is 16.5. The summed E-state index contributed by atoms with van der Waals surface area (Å²) in [5.41, 5.74) is 2.50. The van der Waals surface area contributed by atoms with Gasteiger partial charge in [-0.05, 0) is 30.5 Å². The zero-order chi connectivity index (χ0) is 13.8. The zero-order valence-electron chi connectivity index (χ0n) is 11.7. The molecule has 4 nitrogen and oxygen atoms in total. The van der Waals surface area contributed by atoms with Crippen LogP contribution in [-0.2, 0) is 0 Å². The molecule has 104 valence electrons. The molecule has 2 heterocycles. The number of rotatable bonds is 3. The van der Waals surface area contributed by atoms with Gasteiger partial charge in [0.05, 0.1) is 25.2 Å². The van der Waals surface area contributed by atoms with Crippen LogP contribution >= 0.6 is 0 Å². The highest BCUT2D eigenvalue weighted by Crippen LogP contribution is 2.30. The van der Waals surface area contributed by atoms with Crippen molar-refractivity contribution in [2.45, 2.75) is 18.8 Å². The Balaban J connectivity index is 1.74. The Bertz CT molecular complexity index is 541. The summed E-state index contributed by atoms with van der Waals surface area (Å²) in [5, 5.41) is 0. The van der Waals surface area contributed by atoms with Gasteiger partial charge < -0.3 is 9.64 Å². The quantitative estimate of drug-likeness (QED) is 0.858. The van der Waals surface area contributed by atoms with Gasteiger partial charge in [-0.3, -0.25) is 0 Å². The number of hydrogen-bond donors (Lipinski definition) is 0. The minimum Gasteiger partial charge on any atom is -0.497 e. The van der Waals surface area contributed by atoms with Gasteiger partial charge in [0.1, 0.15) is 12.1 Å². The molecule has 1 aromatic carbocycles. The number of ether oxygens (including phenoxy) is 1. The smallest absolute Gasteiger partial charge is 0.118 e. The van der Waals surface area contributed by atoms with E-state index in [1.54, 1.807) is 13.4 Å². The maximum absolute atomic E-state index is 5.22. The molecular formula is C16H19N3O. The molecule has 0 amide bonds. The van der Waals surface area contributed by atoms with Crippen LogP contribution in [0.2, 0.25) is 0 Å². The predicted molar refractivity (Wildman–Crippen MR) is 79.2 cm³/mol. The minimum absolute atomic E-state index is 0.565. The van der Waals surface area contributed by atoms with Crippen molar-refractivity contribution < 1.29 is 4.74 Å². The van der Waals surface area contributed by atoms with E-state index in [-0.39, 0.29) is 0 Å². The molecule has 1 aromatic heterocycles. The van der Waals surface area contributed by atoms with Gasteiger partial charge in [0, 0.05) is 19.0 Å². The second-order valence-electron chi connectivity index (χ2n) is 5.16. The van der Waals surface area contributed by atoms with E-state index >= 15 is 0 Å². The van der Waals surface area contributed by atoms with Crippen molar-refractivity contribution in [1.29, 1.82) is 0 Å². The summed E-state index contributed by atoms with van der Waals surface area (Å²) >= 11 is 0. The van der Waals surface area contributed by atoms with Crippen molar-refractivity contribution in [1.82, 2.24) is 9.97 Å². The van der Waals surface area contributed by atoms with Crippen molar-refractivity contribution in [2.24, 2.45) is 0 Å². The van der Waals surface area contributed by atoms with Crippen LogP contribution < -0.4 is 9.64 Å². The van der Waals surface area contributed by atoms with Crippen LogP contribution in [0.3, 0.4) is 0 Å². The minimum atomic E-state index is 0.565. The average Bonchev–Trinajstić information content (AvgIpc) is 2.56. The third-order valence-corrected chi connectivity index (χ3v) is 3.92. The highest BCUT2D eigenvalue weighted by molar-refractivity contribution is 5.43. The summed E-state index contributed by atoms with van der Waals surface area (Å²) < 4.78 is 5.22. The SMILES string of the molecule is COc1ccc(C2CCCN(c3cncnc3)C2)cc1. The Morgan fingerprint density at radius 2 is 1.90 bits per heavy atom. The lowest BCUT2D eigenvalue weighted by molar-refractivity contribution is 0.414. The standard InChI is InChI=1S/C16H19N3O/c1-20-16-6-4-13(5-7-16)14-3-2-8-19(11-14)15-9-17-12-18-10-15/h4-7,9-10,12,14H,2-3,8,11H2,1H3. The second kappa shape index (κ2) is 5.90. The van der Waals surface area contributed by atoms with E-state index in [9.17, 15) is 0 Å². The summed E-state index contributed by atoms with van der Waals surface area (Å²) in [6.07, 6.45) is 7.79. The number of piperidine rings is 1. The van der Waals surface area contributed by atoms with Gasteiger partial charge in [-0.1, -0.05) is 12.1 Å². The fraction of sp³-hybridized carbons (Fsp3) is 0.375. The van der Waals surface area contributed by atoms with Crippen molar-refractivity contribution >= 4 is 5.69 Å². The fourth-order valence-electron chi connectivity index (χ4n) is 2.81. The molecule has 0 spiro atoms. The van der Waals surface area contributed by atoms with Crippen molar-refractivity contribution in [2.75, 3.05) is 25.1 Å². The van der Waals surface area contributed by atoms with E-state index in [0.29, 0.717) is 5.92 Å². The third-order valence-electron chi connectivity index (χ3n) is 3.92. The number of methoxy groups -OCH3 is 1. The van der Waals surface area contributed by atoms with E-state index in [0.717, 1.165) is 24.5 Å². The van der Waals surface area contributed by atoms with Crippen LogP contribution in [0.5, 0.6) is 5.75 Å². The first-order valence-electron chi connectivity index (χ1n) is 7.01. The van der Waals surface area contributed by atoms with Gasteiger partial charge in [-0.15, -0.1) is 0 Å². The van der Waals surface area contributed by atoms with Crippen LogP contribution in [0.4, 0.5) is 5.69 Å². The second-order valence-corrected chi connectivity index (χ2v) is 5.16. The summed E-state index contributed by atoms with van der Waals surface area (Å²) in [6.45, 7) is 2.11. The van der Waals surface area contributed by atoms with Gasteiger partial charge in [-0.25, -0.2) is 9.97 Å². The largest absolute Gasteiger partial charge is 0.497 e. The maximum Gasteiger partial charge on any atom is 0.118 e. The Morgan fingerprint density at radius 1 is 1.15 bits per heavy atom. The summed E-state index contributed by atoms with van der Waals surface area (Å²) in [5.74, 6) is 1.48. The summed E-state index contributed by atoms with van der Waals surface area (Å²) in [6, 6.07) is 8.43. The van der Waals surface area contributed by atoms with Crippen LogP contribution in [0.15, 0.2) is 43.0 Å². The fourth-order valence-corrected chi connectivity index (χ4v) is 2.81. The molecule has 1 aliphatic heterocycles. The number of nitrogens with zero attached hydrogens (tertiary/aromatic N) is 3. The van der Waals surface area contributed by atoms with Crippen LogP contribution in [0.25, 0.3) is 0 Å². The summed E-state index contributed by atoms with van der Waals surface area (Å²) in [4.78, 5) is 10.6. The van der Waals surface area contributed by atoms with Gasteiger partial charge in [0.15, 0.2) is 0 Å². The first kappa shape index (κ1) is 12.9. The molecule has 0 N–H and O–H groups in total. The molecule has 0 aliphatic carbocycles. The van der Waals surface area contributed by atoms with E-state index < -0.39 is 0 Å². The van der Waals surface area contributed by atoms with E-state index in [4.69, 9.17) is 4.74 Å². The highest BCUT2D eigenvalue weighted by Gasteiger charge is 2.21. The van der Waals surface area contributed by atoms with Crippen LogP contribution in [0.1, 0.15) is 24.3 Å². The zero-order valence-corrected chi connectivity index (χ0v) is 11.7. The normalized spacial score (nSPS) is 18.9. The first-order chi connectivity index (χ1) is 9.86. The van der Waals surface area contributed by atoms with E-state index in [1.807, 2.05) is 24.5 Å². The lowest BCUT2D eigenvalue weighted by Gasteiger charge is -2.34. The molecule has 0 saturated carbocycles. The van der Waals surface area contributed by atoms with Crippen LogP contribution in [-0.4, -0.2) is 30.2 Å². The molecule has 0 radical (unpaired) electrons. The summed E-state index contributed by atoms with van der Waals surface area (Å²) in [7, 11) is 1.70. The number of benzene rings is 1. The molecular weight excluding hydrogens is 250 g/mol. The topological polar surface area (TPSA) is 38.2 Å². The Kier molecular flexibility index (Phi) is 3.81. The van der Waals surface area contributed by atoms with Crippen LogP contribution in [0, 0.1) is 0 Å². The maximum atomic E-state index is 5.22. The lowest BCUT2D eigenvalue weighted by Crippen LogP contribution is -2.34. The van der Waals surface area contributed by atoms with Gasteiger partial charge in [-0.2, -0.15) is 0 Å². The molecule has 1 atom stereocenters. The molecule has 20 heavy (non-hydrogen) atoms. The average molecular weight is 269 g/mol. The Labute approximate surface area is 119 Å². The number of hydrogen-bond acceptors (Lipinski definition) is 4. The van der Waals surface area contributed by atoms with Crippen molar-refractivity contribution in [3.8, 4) is 5.75 Å². The predicted octanol–water partition coefficient (Wildman–Crippen LogP) is 2.87. The monoisotopic (exact) mass is 269 g/mol. The van der Waals surface area contributed by atoms with Crippen molar-refractivity contribution in [3.63, 3.8) is 0 Å². The molecule has 1 saturated heterocycles. The molecule has 0 bridgehead atoms. The first-order valence-corrected chi connectivity index (χ1v) is 7.01. The van der Waals surface area contributed by atoms with Gasteiger partial charge in [0.2, 0.25) is 0 Å². The molecule has 4 heteroatoms. The molecule has 1 unspecified atom stereocenters. The van der Waals surface area contributed by atoms with E-state index in [1.165, 1.54) is 18.4 Å². The molecule has 1 aliphatic rings. The number of aromatic nitrogens is 2. The molecule has 2 aromatic rings.